The lowest BCUT2D eigenvalue weighted by Crippen LogP contribution is -2.46. The molecule has 6 heteroatoms. The summed E-state index contributed by atoms with van der Waals surface area (Å²) < 4.78 is 10.8. The Kier molecular flexibility index (Phi) is 7.10. The third kappa shape index (κ3) is 5.96. The Morgan fingerprint density at radius 2 is 1.76 bits per heavy atom. The first-order chi connectivity index (χ1) is 12.0. The van der Waals surface area contributed by atoms with Crippen molar-refractivity contribution in [3.05, 3.63) is 24.3 Å². The van der Waals surface area contributed by atoms with E-state index in [1.807, 2.05) is 29.2 Å². The zero-order valence-corrected chi connectivity index (χ0v) is 15.4. The number of carbonyl (C=O) groups is 2. The molecule has 0 spiro atoms. The molecule has 2 rings (SSSR count). The molecule has 0 atom stereocenters. The Morgan fingerprint density at radius 1 is 1.16 bits per heavy atom. The molecule has 25 heavy (non-hydrogen) atoms. The highest BCUT2D eigenvalue weighted by atomic mass is 16.5. The van der Waals surface area contributed by atoms with Crippen LogP contribution in [0.4, 0.5) is 0 Å². The summed E-state index contributed by atoms with van der Waals surface area (Å²) in [6.45, 7) is 6.12. The molecular formula is C19H28N2O4. The van der Waals surface area contributed by atoms with Crippen molar-refractivity contribution in [1.29, 1.82) is 0 Å². The molecule has 0 radical (unpaired) electrons. The van der Waals surface area contributed by atoms with Crippen LogP contribution in [0.15, 0.2) is 24.3 Å². The van der Waals surface area contributed by atoms with E-state index in [9.17, 15) is 9.59 Å². The maximum atomic E-state index is 12.4. The van der Waals surface area contributed by atoms with Crippen molar-refractivity contribution in [3.8, 4) is 11.5 Å². The molecule has 0 unspecified atom stereocenters. The molecule has 2 amide bonds. The number of methoxy groups -OCH3 is 1. The molecule has 1 fully saturated rings. The summed E-state index contributed by atoms with van der Waals surface area (Å²) in [6, 6.07) is 7.27. The van der Waals surface area contributed by atoms with Gasteiger partial charge in [-0.1, -0.05) is 6.92 Å². The number of piperidine rings is 1. The Balaban J connectivity index is 1.79. The summed E-state index contributed by atoms with van der Waals surface area (Å²) >= 11 is 0. The number of benzene rings is 1. The van der Waals surface area contributed by atoms with Gasteiger partial charge in [0, 0.05) is 20.0 Å². The van der Waals surface area contributed by atoms with E-state index in [2.05, 4.69) is 6.92 Å². The van der Waals surface area contributed by atoms with Crippen LogP contribution in [0.25, 0.3) is 0 Å². The van der Waals surface area contributed by atoms with Gasteiger partial charge in [0.25, 0.3) is 0 Å². The molecule has 138 valence electrons. The number of amides is 2. The first-order valence-electron chi connectivity index (χ1n) is 8.79. The van der Waals surface area contributed by atoms with Crippen LogP contribution in [0.1, 0.15) is 26.7 Å². The second-order valence-electron chi connectivity index (χ2n) is 6.53. The second-order valence-corrected chi connectivity index (χ2v) is 6.53. The number of hydrogen-bond donors (Lipinski definition) is 0. The molecule has 0 N–H and O–H groups in total. The van der Waals surface area contributed by atoms with Gasteiger partial charge in [-0.3, -0.25) is 9.59 Å². The van der Waals surface area contributed by atoms with Crippen LogP contribution >= 0.6 is 0 Å². The number of likely N-dealkylation sites (tertiary alicyclic amines) is 1. The summed E-state index contributed by atoms with van der Waals surface area (Å²) in [5.74, 6) is 2.05. The zero-order chi connectivity index (χ0) is 18.2. The maximum absolute atomic E-state index is 12.4. The van der Waals surface area contributed by atoms with Crippen molar-refractivity contribution in [3.63, 3.8) is 0 Å². The molecule has 1 aliphatic rings. The number of rotatable bonds is 7. The minimum absolute atomic E-state index is 0.0200. The average Bonchev–Trinajstić information content (AvgIpc) is 2.61. The SMILES string of the molecule is COc1ccc(OCCN(CC(=O)N2CCC(C)CC2)C(C)=O)cc1. The van der Waals surface area contributed by atoms with Gasteiger partial charge in [-0.15, -0.1) is 0 Å². The van der Waals surface area contributed by atoms with Crippen LogP contribution in [-0.4, -0.2) is 61.5 Å². The zero-order valence-electron chi connectivity index (χ0n) is 15.4. The van der Waals surface area contributed by atoms with Gasteiger partial charge in [0.1, 0.15) is 18.1 Å². The Bertz CT molecular complexity index is 565. The van der Waals surface area contributed by atoms with E-state index in [0.29, 0.717) is 24.8 Å². The van der Waals surface area contributed by atoms with E-state index >= 15 is 0 Å². The lowest BCUT2D eigenvalue weighted by atomic mass is 9.99. The lowest BCUT2D eigenvalue weighted by molar-refractivity contribution is -0.140. The molecular weight excluding hydrogens is 320 g/mol. The predicted molar refractivity (Wildman–Crippen MR) is 95.7 cm³/mol. The van der Waals surface area contributed by atoms with E-state index in [1.54, 1.807) is 12.0 Å². The standard InChI is InChI=1S/C19H28N2O4/c1-15-8-10-20(11-9-15)19(23)14-21(16(2)22)12-13-25-18-6-4-17(24-3)5-7-18/h4-7,15H,8-14H2,1-3H3. The molecule has 1 aromatic rings. The minimum Gasteiger partial charge on any atom is -0.497 e. The van der Waals surface area contributed by atoms with Gasteiger partial charge >= 0.3 is 0 Å². The van der Waals surface area contributed by atoms with Crippen LogP contribution in [0, 0.1) is 5.92 Å². The highest BCUT2D eigenvalue weighted by Crippen LogP contribution is 2.17. The Labute approximate surface area is 149 Å². The number of hydrogen-bond acceptors (Lipinski definition) is 4. The van der Waals surface area contributed by atoms with Crippen molar-refractivity contribution in [1.82, 2.24) is 9.80 Å². The molecule has 0 aliphatic carbocycles. The fourth-order valence-corrected chi connectivity index (χ4v) is 2.81. The van der Waals surface area contributed by atoms with E-state index in [0.717, 1.165) is 31.7 Å². The molecule has 1 saturated heterocycles. The smallest absolute Gasteiger partial charge is 0.242 e. The molecule has 0 aromatic heterocycles. The Hall–Kier alpha value is -2.24. The van der Waals surface area contributed by atoms with Crippen molar-refractivity contribution in [2.45, 2.75) is 26.7 Å². The van der Waals surface area contributed by atoms with Gasteiger partial charge in [-0.25, -0.2) is 0 Å². The van der Waals surface area contributed by atoms with Gasteiger partial charge in [0.05, 0.1) is 20.2 Å². The van der Waals surface area contributed by atoms with Gasteiger partial charge < -0.3 is 19.3 Å². The first kappa shape index (κ1) is 19.1. The largest absolute Gasteiger partial charge is 0.497 e. The van der Waals surface area contributed by atoms with Crippen LogP contribution in [-0.2, 0) is 9.59 Å². The van der Waals surface area contributed by atoms with Crippen molar-refractivity contribution < 1.29 is 19.1 Å². The third-order valence-electron chi connectivity index (χ3n) is 4.60. The topological polar surface area (TPSA) is 59.1 Å². The molecule has 6 nitrogen and oxygen atoms in total. The summed E-state index contributed by atoms with van der Waals surface area (Å²) in [5, 5.41) is 0. The average molecular weight is 348 g/mol. The molecule has 1 heterocycles. The van der Waals surface area contributed by atoms with Crippen LogP contribution in [0.2, 0.25) is 0 Å². The van der Waals surface area contributed by atoms with Crippen LogP contribution in [0.3, 0.4) is 0 Å². The van der Waals surface area contributed by atoms with E-state index < -0.39 is 0 Å². The summed E-state index contributed by atoms with van der Waals surface area (Å²) in [6.07, 6.45) is 2.07. The maximum Gasteiger partial charge on any atom is 0.242 e. The third-order valence-corrected chi connectivity index (χ3v) is 4.60. The molecule has 0 saturated carbocycles. The first-order valence-corrected chi connectivity index (χ1v) is 8.79. The highest BCUT2D eigenvalue weighted by molar-refractivity contribution is 5.83. The van der Waals surface area contributed by atoms with Crippen molar-refractivity contribution >= 4 is 11.8 Å². The van der Waals surface area contributed by atoms with E-state index in [1.165, 1.54) is 6.92 Å². The van der Waals surface area contributed by atoms with Crippen molar-refractivity contribution in [2.24, 2.45) is 5.92 Å². The second kappa shape index (κ2) is 9.30. The fourth-order valence-electron chi connectivity index (χ4n) is 2.81. The summed E-state index contributed by atoms with van der Waals surface area (Å²) in [7, 11) is 1.61. The van der Waals surface area contributed by atoms with Gasteiger partial charge in [-0.2, -0.15) is 0 Å². The van der Waals surface area contributed by atoms with Crippen molar-refractivity contribution in [2.75, 3.05) is 39.9 Å². The van der Waals surface area contributed by atoms with Gasteiger partial charge in [0.15, 0.2) is 0 Å². The molecule has 1 aromatic carbocycles. The molecule has 0 bridgehead atoms. The van der Waals surface area contributed by atoms with Gasteiger partial charge in [0.2, 0.25) is 11.8 Å². The van der Waals surface area contributed by atoms with E-state index in [-0.39, 0.29) is 18.4 Å². The minimum atomic E-state index is -0.114. The lowest BCUT2D eigenvalue weighted by Gasteiger charge is -2.32. The van der Waals surface area contributed by atoms with Crippen LogP contribution < -0.4 is 9.47 Å². The predicted octanol–water partition coefficient (Wildman–Crippen LogP) is 2.18. The van der Waals surface area contributed by atoms with Crippen LogP contribution in [0.5, 0.6) is 11.5 Å². The Morgan fingerprint density at radius 3 is 2.32 bits per heavy atom. The number of carbonyl (C=O) groups excluding carboxylic acids is 2. The fraction of sp³-hybridized carbons (Fsp3) is 0.579. The number of nitrogens with zero attached hydrogens (tertiary/aromatic N) is 2. The van der Waals surface area contributed by atoms with E-state index in [4.69, 9.17) is 9.47 Å². The summed E-state index contributed by atoms with van der Waals surface area (Å²) in [4.78, 5) is 27.6. The summed E-state index contributed by atoms with van der Waals surface area (Å²) in [5.41, 5.74) is 0. The highest BCUT2D eigenvalue weighted by Gasteiger charge is 2.23. The number of ether oxygens (including phenoxy) is 2. The van der Waals surface area contributed by atoms with Gasteiger partial charge in [-0.05, 0) is 43.0 Å². The quantitative estimate of drug-likeness (QED) is 0.758. The monoisotopic (exact) mass is 348 g/mol. The normalized spacial score (nSPS) is 14.9. The molecule has 1 aliphatic heterocycles.